The van der Waals surface area contributed by atoms with E-state index >= 15 is 0 Å². The second-order valence-electron chi connectivity index (χ2n) is 3.76. The Morgan fingerprint density at radius 1 is 1.61 bits per heavy atom. The number of nitrogens with zero attached hydrogens (tertiary/aromatic N) is 3. The molecule has 1 fully saturated rings. The van der Waals surface area contributed by atoms with E-state index in [1.165, 1.54) is 0 Å². The average Bonchev–Trinajstić information content (AvgIpc) is 2.70. The fraction of sp³-hybridized carbons (Fsp3) is 0.300. The van der Waals surface area contributed by atoms with Gasteiger partial charge >= 0.3 is 0 Å². The summed E-state index contributed by atoms with van der Waals surface area (Å²) in [5.74, 6) is 0.492. The van der Waals surface area contributed by atoms with Crippen LogP contribution in [0.15, 0.2) is 24.3 Å². The first-order chi connectivity index (χ1) is 8.56. The van der Waals surface area contributed by atoms with Crippen LogP contribution < -0.4 is 5.32 Å². The SMILES string of the molecule is O=[N+]([O-])/C=C1\NCCN1Cc1cnc(Cl)c(Cl)c1. The van der Waals surface area contributed by atoms with Crippen molar-refractivity contribution in [3.05, 3.63) is 50.1 Å². The summed E-state index contributed by atoms with van der Waals surface area (Å²) in [4.78, 5) is 15.8. The largest absolute Gasteiger partial charge is 0.365 e. The highest BCUT2D eigenvalue weighted by atomic mass is 35.5. The minimum atomic E-state index is -0.478. The predicted molar refractivity (Wildman–Crippen MR) is 67.7 cm³/mol. The van der Waals surface area contributed by atoms with Crippen LogP contribution in [-0.4, -0.2) is 27.9 Å². The number of nitro groups is 1. The van der Waals surface area contributed by atoms with E-state index in [1.54, 1.807) is 12.3 Å². The molecule has 18 heavy (non-hydrogen) atoms. The molecule has 0 radical (unpaired) electrons. The standard InChI is InChI=1S/C10H10Cl2N4O2/c11-8-3-7(4-14-10(8)12)5-15-2-1-13-9(15)6-16(17)18/h3-4,6,13H,1-2,5H2/b9-6+. The second-order valence-corrected chi connectivity index (χ2v) is 4.53. The van der Waals surface area contributed by atoms with Crippen molar-refractivity contribution in [2.75, 3.05) is 13.1 Å². The third kappa shape index (κ3) is 3.02. The van der Waals surface area contributed by atoms with Crippen molar-refractivity contribution in [1.82, 2.24) is 15.2 Å². The van der Waals surface area contributed by atoms with Crippen LogP contribution in [-0.2, 0) is 6.54 Å². The molecule has 0 aliphatic carbocycles. The first kappa shape index (κ1) is 12.9. The highest BCUT2D eigenvalue weighted by Gasteiger charge is 2.19. The van der Waals surface area contributed by atoms with Crippen LogP contribution in [0.5, 0.6) is 0 Å². The van der Waals surface area contributed by atoms with Gasteiger partial charge in [-0.1, -0.05) is 23.2 Å². The molecule has 2 heterocycles. The number of halogens is 2. The van der Waals surface area contributed by atoms with E-state index in [0.29, 0.717) is 30.5 Å². The molecule has 6 nitrogen and oxygen atoms in total. The van der Waals surface area contributed by atoms with Crippen LogP contribution in [0.2, 0.25) is 10.2 Å². The lowest BCUT2D eigenvalue weighted by atomic mass is 10.2. The molecule has 2 rings (SSSR count). The van der Waals surface area contributed by atoms with Gasteiger partial charge in [-0.2, -0.15) is 0 Å². The number of pyridine rings is 1. The van der Waals surface area contributed by atoms with E-state index in [0.717, 1.165) is 11.8 Å². The molecule has 1 N–H and O–H groups in total. The van der Waals surface area contributed by atoms with E-state index in [2.05, 4.69) is 10.3 Å². The molecular formula is C10H10Cl2N4O2. The summed E-state index contributed by atoms with van der Waals surface area (Å²) in [5.41, 5.74) is 0.849. The molecule has 1 aliphatic rings. The maximum absolute atomic E-state index is 10.5. The maximum atomic E-state index is 10.5. The maximum Gasteiger partial charge on any atom is 0.274 e. The van der Waals surface area contributed by atoms with Gasteiger partial charge in [0.25, 0.3) is 6.20 Å². The molecule has 0 saturated carbocycles. The molecule has 0 unspecified atom stereocenters. The molecule has 1 aromatic heterocycles. The number of rotatable bonds is 3. The van der Waals surface area contributed by atoms with Gasteiger partial charge in [0.1, 0.15) is 5.15 Å². The first-order valence-electron chi connectivity index (χ1n) is 5.20. The van der Waals surface area contributed by atoms with Crippen molar-refractivity contribution in [3.63, 3.8) is 0 Å². The van der Waals surface area contributed by atoms with Gasteiger partial charge in [-0.3, -0.25) is 10.1 Å². The zero-order valence-corrected chi connectivity index (χ0v) is 10.8. The Labute approximate surface area is 113 Å². The number of hydrogen-bond donors (Lipinski definition) is 1. The van der Waals surface area contributed by atoms with Crippen LogP contribution in [0.3, 0.4) is 0 Å². The Morgan fingerprint density at radius 3 is 3.06 bits per heavy atom. The third-order valence-electron chi connectivity index (χ3n) is 2.48. The Kier molecular flexibility index (Phi) is 3.88. The van der Waals surface area contributed by atoms with Gasteiger partial charge in [0.2, 0.25) is 0 Å². The highest BCUT2D eigenvalue weighted by molar-refractivity contribution is 6.41. The van der Waals surface area contributed by atoms with E-state index in [-0.39, 0.29) is 5.15 Å². The minimum Gasteiger partial charge on any atom is -0.365 e. The molecule has 0 bridgehead atoms. The van der Waals surface area contributed by atoms with Crippen molar-refractivity contribution in [2.24, 2.45) is 0 Å². The molecule has 1 saturated heterocycles. The third-order valence-corrected chi connectivity index (χ3v) is 3.17. The molecule has 0 spiro atoms. The molecule has 0 atom stereocenters. The normalized spacial score (nSPS) is 17.0. The highest BCUT2D eigenvalue weighted by Crippen LogP contribution is 2.21. The smallest absolute Gasteiger partial charge is 0.274 e. The topological polar surface area (TPSA) is 71.3 Å². The summed E-state index contributed by atoms with van der Waals surface area (Å²) in [6.45, 7) is 1.87. The summed E-state index contributed by atoms with van der Waals surface area (Å²) in [6.07, 6.45) is 2.56. The molecule has 0 amide bonds. The lowest BCUT2D eigenvalue weighted by molar-refractivity contribution is -0.404. The first-order valence-corrected chi connectivity index (χ1v) is 5.96. The molecular weight excluding hydrogens is 279 g/mol. The van der Waals surface area contributed by atoms with E-state index in [1.807, 2.05) is 4.90 Å². The summed E-state index contributed by atoms with van der Waals surface area (Å²) in [7, 11) is 0. The van der Waals surface area contributed by atoms with Gasteiger partial charge in [-0.25, -0.2) is 4.98 Å². The predicted octanol–water partition coefficient (Wildman–Crippen LogP) is 1.87. The number of hydrogen-bond acceptors (Lipinski definition) is 5. The minimum absolute atomic E-state index is 0.251. The quantitative estimate of drug-likeness (QED) is 0.522. The van der Waals surface area contributed by atoms with E-state index < -0.39 is 4.92 Å². The van der Waals surface area contributed by atoms with Crippen LogP contribution in [0.25, 0.3) is 0 Å². The summed E-state index contributed by atoms with van der Waals surface area (Å²) in [6, 6.07) is 1.71. The molecule has 1 aliphatic heterocycles. The Bertz CT molecular complexity index is 507. The Hall–Kier alpha value is -1.53. The lowest BCUT2D eigenvalue weighted by Gasteiger charge is -2.17. The summed E-state index contributed by atoms with van der Waals surface area (Å²) in [5, 5.41) is 14.0. The van der Waals surface area contributed by atoms with Gasteiger partial charge in [0, 0.05) is 25.8 Å². The van der Waals surface area contributed by atoms with Crippen molar-refractivity contribution in [2.45, 2.75) is 6.54 Å². The summed E-state index contributed by atoms with van der Waals surface area (Å²) < 4.78 is 0. The van der Waals surface area contributed by atoms with Crippen molar-refractivity contribution < 1.29 is 4.92 Å². The molecule has 1 aromatic rings. The van der Waals surface area contributed by atoms with Crippen molar-refractivity contribution in [3.8, 4) is 0 Å². The van der Waals surface area contributed by atoms with Crippen molar-refractivity contribution in [1.29, 1.82) is 0 Å². The zero-order chi connectivity index (χ0) is 13.1. The van der Waals surface area contributed by atoms with Crippen LogP contribution in [0.1, 0.15) is 5.56 Å². The van der Waals surface area contributed by atoms with Gasteiger partial charge in [-0.05, 0) is 11.6 Å². The second kappa shape index (κ2) is 5.41. The molecule has 8 heteroatoms. The Balaban J connectivity index is 2.13. The van der Waals surface area contributed by atoms with E-state index in [9.17, 15) is 10.1 Å². The summed E-state index contributed by atoms with van der Waals surface area (Å²) >= 11 is 11.6. The monoisotopic (exact) mass is 288 g/mol. The van der Waals surface area contributed by atoms with Crippen molar-refractivity contribution >= 4 is 23.2 Å². The van der Waals surface area contributed by atoms with Crippen LogP contribution in [0.4, 0.5) is 0 Å². The van der Waals surface area contributed by atoms with Gasteiger partial charge < -0.3 is 10.2 Å². The van der Waals surface area contributed by atoms with Gasteiger partial charge in [0.05, 0.1) is 9.95 Å². The molecule has 0 aromatic carbocycles. The molecule has 96 valence electrons. The lowest BCUT2D eigenvalue weighted by Crippen LogP contribution is -2.20. The van der Waals surface area contributed by atoms with Crippen LogP contribution in [0, 0.1) is 10.1 Å². The zero-order valence-electron chi connectivity index (χ0n) is 9.27. The number of aromatic nitrogens is 1. The van der Waals surface area contributed by atoms with Gasteiger partial charge in [0.15, 0.2) is 5.82 Å². The fourth-order valence-corrected chi connectivity index (χ4v) is 2.00. The van der Waals surface area contributed by atoms with E-state index in [4.69, 9.17) is 23.2 Å². The van der Waals surface area contributed by atoms with Gasteiger partial charge in [-0.15, -0.1) is 0 Å². The average molecular weight is 289 g/mol. The fourth-order valence-electron chi connectivity index (χ4n) is 1.71. The Morgan fingerprint density at radius 2 is 2.39 bits per heavy atom. The van der Waals surface area contributed by atoms with Crippen LogP contribution >= 0.6 is 23.2 Å². The number of nitrogens with one attached hydrogen (secondary N) is 1.